The fraction of sp³-hybridized carbons (Fsp3) is 0.833. The first-order chi connectivity index (χ1) is 9.59. The van der Waals surface area contributed by atoms with Crippen molar-refractivity contribution < 1.29 is 9.53 Å². The average molecular weight is 272 g/mol. The summed E-state index contributed by atoms with van der Waals surface area (Å²) in [4.78, 5) is 11.9. The number of hydrogen-bond donors (Lipinski definition) is 0. The van der Waals surface area contributed by atoms with Crippen LogP contribution in [-0.4, -0.2) is 17.0 Å². The number of fused-ring (bicyclic) bond motifs is 3. The summed E-state index contributed by atoms with van der Waals surface area (Å²) in [5.74, 6) is 2.87. The lowest BCUT2D eigenvalue weighted by molar-refractivity contribution is -0.122. The quantitative estimate of drug-likeness (QED) is 0.497. The van der Waals surface area contributed by atoms with Crippen LogP contribution in [0.2, 0.25) is 0 Å². The van der Waals surface area contributed by atoms with Crippen molar-refractivity contribution in [3.8, 4) is 0 Å². The highest BCUT2D eigenvalue weighted by atomic mass is 16.6. The van der Waals surface area contributed by atoms with Crippen molar-refractivity contribution in [2.45, 2.75) is 69.5 Å². The van der Waals surface area contributed by atoms with Crippen LogP contribution in [-0.2, 0) is 9.53 Å². The molecule has 1 aliphatic heterocycles. The molecule has 0 radical (unpaired) electrons. The van der Waals surface area contributed by atoms with E-state index in [-0.39, 0.29) is 11.2 Å². The van der Waals surface area contributed by atoms with E-state index in [1.165, 1.54) is 25.7 Å². The predicted molar refractivity (Wildman–Crippen MR) is 76.2 cm³/mol. The van der Waals surface area contributed by atoms with Gasteiger partial charge >= 0.3 is 0 Å². The number of epoxide rings is 1. The third-order valence-corrected chi connectivity index (χ3v) is 7.61. The van der Waals surface area contributed by atoms with Gasteiger partial charge in [0.1, 0.15) is 17.0 Å². The fourth-order valence-electron chi connectivity index (χ4n) is 6.62. The van der Waals surface area contributed by atoms with Gasteiger partial charge in [0.25, 0.3) is 0 Å². The Balaban J connectivity index is 1.50. The molecule has 6 unspecified atom stereocenters. The first-order valence-corrected chi connectivity index (χ1v) is 8.48. The number of allylic oxidation sites excluding steroid dienone is 2. The van der Waals surface area contributed by atoms with Gasteiger partial charge in [0.2, 0.25) is 0 Å². The van der Waals surface area contributed by atoms with Gasteiger partial charge in [-0.2, -0.15) is 0 Å². The first-order valence-electron chi connectivity index (χ1n) is 8.48. The summed E-state index contributed by atoms with van der Waals surface area (Å²) in [5, 5.41) is 0. The van der Waals surface area contributed by atoms with E-state index in [9.17, 15) is 4.79 Å². The largest absolute Gasteiger partial charge is 0.362 e. The minimum absolute atomic E-state index is 0.0106. The van der Waals surface area contributed by atoms with E-state index in [0.29, 0.717) is 11.2 Å². The van der Waals surface area contributed by atoms with E-state index in [2.05, 4.69) is 19.1 Å². The smallest absolute Gasteiger partial charge is 0.136 e. The van der Waals surface area contributed by atoms with Crippen molar-refractivity contribution in [3.05, 3.63) is 12.2 Å². The lowest BCUT2D eigenvalue weighted by Crippen LogP contribution is -2.52. The summed E-state index contributed by atoms with van der Waals surface area (Å²) < 4.78 is 6.39. The van der Waals surface area contributed by atoms with Crippen LogP contribution in [0.25, 0.3) is 0 Å². The van der Waals surface area contributed by atoms with Gasteiger partial charge in [-0.15, -0.1) is 0 Å². The van der Waals surface area contributed by atoms with Gasteiger partial charge in [-0.25, -0.2) is 0 Å². The zero-order chi connectivity index (χ0) is 13.6. The van der Waals surface area contributed by atoms with Gasteiger partial charge in [-0.3, -0.25) is 4.79 Å². The summed E-state index contributed by atoms with van der Waals surface area (Å²) in [7, 11) is 0. The lowest BCUT2D eigenvalue weighted by atomic mass is 9.50. The highest BCUT2D eigenvalue weighted by Gasteiger charge is 2.78. The molecule has 1 saturated heterocycles. The molecule has 108 valence electrons. The first kappa shape index (κ1) is 12.0. The Kier molecular flexibility index (Phi) is 2.04. The Hall–Kier alpha value is -0.630. The van der Waals surface area contributed by atoms with Gasteiger partial charge < -0.3 is 4.74 Å². The van der Waals surface area contributed by atoms with Gasteiger partial charge in [0, 0.05) is 12.8 Å². The molecule has 0 aromatic heterocycles. The van der Waals surface area contributed by atoms with Crippen LogP contribution in [0.5, 0.6) is 0 Å². The van der Waals surface area contributed by atoms with Crippen LogP contribution < -0.4 is 0 Å². The number of ketones is 1. The van der Waals surface area contributed by atoms with Crippen LogP contribution in [0.1, 0.15) is 58.3 Å². The third-order valence-electron chi connectivity index (χ3n) is 7.61. The zero-order valence-electron chi connectivity index (χ0n) is 12.4. The van der Waals surface area contributed by atoms with Gasteiger partial charge in [-0.05, 0) is 61.7 Å². The van der Waals surface area contributed by atoms with Crippen molar-refractivity contribution in [2.75, 3.05) is 0 Å². The molecule has 2 heteroatoms. The van der Waals surface area contributed by atoms with Crippen LogP contribution in [0, 0.1) is 23.2 Å². The van der Waals surface area contributed by atoms with E-state index in [0.717, 1.165) is 43.4 Å². The van der Waals surface area contributed by atoms with Crippen molar-refractivity contribution in [1.29, 1.82) is 0 Å². The number of carbonyl (C=O) groups is 1. The molecule has 5 rings (SSSR count). The molecular weight excluding hydrogens is 248 g/mol. The molecule has 1 heterocycles. The number of ether oxygens (including phenoxy) is 1. The van der Waals surface area contributed by atoms with Crippen molar-refractivity contribution in [2.24, 2.45) is 23.2 Å². The zero-order valence-corrected chi connectivity index (χ0v) is 12.4. The summed E-state index contributed by atoms with van der Waals surface area (Å²) in [6.45, 7) is 2.47. The molecule has 0 aromatic rings. The number of hydrogen-bond acceptors (Lipinski definition) is 2. The van der Waals surface area contributed by atoms with Gasteiger partial charge in [0.05, 0.1) is 0 Å². The molecule has 4 aliphatic carbocycles. The molecule has 0 amide bonds. The number of Topliss-reactive ketones (excluding diaryl/α,β-unsaturated/α-hetero) is 1. The normalized spacial score (nSPS) is 59.5. The molecule has 3 saturated carbocycles. The van der Waals surface area contributed by atoms with E-state index in [4.69, 9.17) is 4.74 Å². The Morgan fingerprint density at radius 3 is 3.00 bits per heavy atom. The number of carbonyl (C=O) groups excluding carboxylic acids is 1. The Labute approximate surface area is 120 Å². The Morgan fingerprint density at radius 2 is 2.10 bits per heavy atom. The van der Waals surface area contributed by atoms with E-state index in [1.807, 2.05) is 0 Å². The highest BCUT2D eigenvalue weighted by Crippen LogP contribution is 2.72. The van der Waals surface area contributed by atoms with Crippen LogP contribution in [0.4, 0.5) is 0 Å². The molecule has 0 spiro atoms. The second-order valence-electron chi connectivity index (χ2n) is 8.30. The maximum Gasteiger partial charge on any atom is 0.136 e. The van der Waals surface area contributed by atoms with E-state index >= 15 is 0 Å². The minimum Gasteiger partial charge on any atom is -0.362 e. The molecule has 2 nitrogen and oxygen atoms in total. The third kappa shape index (κ3) is 1.20. The van der Waals surface area contributed by atoms with Crippen molar-refractivity contribution in [3.63, 3.8) is 0 Å². The second kappa shape index (κ2) is 3.40. The maximum atomic E-state index is 11.9. The molecule has 5 aliphatic rings. The summed E-state index contributed by atoms with van der Waals surface area (Å²) in [5.41, 5.74) is 0.564. The van der Waals surface area contributed by atoms with E-state index < -0.39 is 0 Å². The summed E-state index contributed by atoms with van der Waals surface area (Å²) in [6, 6.07) is 0. The van der Waals surface area contributed by atoms with Crippen LogP contribution >= 0.6 is 0 Å². The molecule has 6 atom stereocenters. The predicted octanol–water partition coefficient (Wildman–Crippen LogP) is 3.65. The molecule has 0 aromatic carbocycles. The minimum atomic E-state index is -0.0106. The van der Waals surface area contributed by atoms with Crippen molar-refractivity contribution in [1.82, 2.24) is 0 Å². The SMILES string of the molecule is CC12C=CCC1C1CCC34CC(=O)CCC3(O4)C1CC2. The van der Waals surface area contributed by atoms with Crippen molar-refractivity contribution >= 4 is 5.78 Å². The monoisotopic (exact) mass is 272 g/mol. The average Bonchev–Trinajstić information content (AvgIpc) is 2.95. The molecule has 4 fully saturated rings. The molecule has 0 N–H and O–H groups in total. The van der Waals surface area contributed by atoms with Gasteiger partial charge in [-0.1, -0.05) is 19.1 Å². The summed E-state index contributed by atoms with van der Waals surface area (Å²) >= 11 is 0. The Morgan fingerprint density at radius 1 is 1.20 bits per heavy atom. The standard InChI is InChI=1S/C18H24O2/c1-16-7-2-3-14(16)13-5-9-17-11-12(19)4-10-18(17,20-17)15(13)6-8-16/h2,7,13-15H,3-6,8-11H2,1H3. The maximum absolute atomic E-state index is 11.9. The summed E-state index contributed by atoms with van der Waals surface area (Å²) in [6.07, 6.45) is 13.8. The molecule has 0 bridgehead atoms. The van der Waals surface area contributed by atoms with Crippen LogP contribution in [0.3, 0.4) is 0 Å². The highest BCUT2D eigenvalue weighted by molar-refractivity contribution is 5.82. The number of rotatable bonds is 0. The van der Waals surface area contributed by atoms with Crippen LogP contribution in [0.15, 0.2) is 12.2 Å². The topological polar surface area (TPSA) is 29.6 Å². The lowest BCUT2D eigenvalue weighted by Gasteiger charge is -2.51. The van der Waals surface area contributed by atoms with Gasteiger partial charge in [0.15, 0.2) is 0 Å². The Bertz CT molecular complexity index is 524. The fourth-order valence-corrected chi connectivity index (χ4v) is 6.62. The molecule has 20 heavy (non-hydrogen) atoms. The molecular formula is C18H24O2. The second-order valence-corrected chi connectivity index (χ2v) is 8.30. The van der Waals surface area contributed by atoms with E-state index in [1.54, 1.807) is 0 Å².